The molecule has 24 heavy (non-hydrogen) atoms. The summed E-state index contributed by atoms with van der Waals surface area (Å²) in [6, 6.07) is 9.35. The van der Waals surface area contributed by atoms with Crippen LogP contribution < -0.4 is 5.32 Å². The predicted molar refractivity (Wildman–Crippen MR) is 90.3 cm³/mol. The molecule has 2 atom stereocenters. The molecule has 2 aliphatic rings. The van der Waals surface area contributed by atoms with Crippen molar-refractivity contribution in [2.75, 3.05) is 5.32 Å². The summed E-state index contributed by atoms with van der Waals surface area (Å²) in [6.07, 6.45) is 2.94. The lowest BCUT2D eigenvalue weighted by Gasteiger charge is -2.35. The van der Waals surface area contributed by atoms with Gasteiger partial charge in [0.05, 0.1) is 16.6 Å². The smallest absolute Gasteiger partial charge is 0.313 e. The van der Waals surface area contributed by atoms with Crippen LogP contribution in [0.15, 0.2) is 36.5 Å². The van der Waals surface area contributed by atoms with Gasteiger partial charge in [-0.15, -0.1) is 0 Å². The SMILES string of the molecule is CC1(C)[C@]2(C)CC[C@]1(C(=O)Nc1cccc3ncccc13)OC2=O. The second-order valence-corrected chi connectivity index (χ2v) is 7.50. The number of nitrogens with zero attached hydrogens (tertiary/aromatic N) is 1. The third-order valence-corrected chi connectivity index (χ3v) is 6.34. The summed E-state index contributed by atoms with van der Waals surface area (Å²) >= 11 is 0. The van der Waals surface area contributed by atoms with Crippen LogP contribution in [0.25, 0.3) is 10.9 Å². The van der Waals surface area contributed by atoms with Crippen molar-refractivity contribution in [1.82, 2.24) is 4.98 Å². The Kier molecular flexibility index (Phi) is 2.87. The van der Waals surface area contributed by atoms with E-state index in [9.17, 15) is 9.59 Å². The molecule has 2 fully saturated rings. The number of fused-ring (bicyclic) bond motifs is 3. The summed E-state index contributed by atoms with van der Waals surface area (Å²) in [4.78, 5) is 29.8. The van der Waals surface area contributed by atoms with Crippen molar-refractivity contribution in [3.05, 3.63) is 36.5 Å². The molecule has 0 radical (unpaired) electrons. The maximum Gasteiger partial charge on any atom is 0.313 e. The molecule has 1 aromatic heterocycles. The van der Waals surface area contributed by atoms with E-state index in [1.54, 1.807) is 6.20 Å². The highest BCUT2D eigenvalue weighted by atomic mass is 16.6. The number of pyridine rings is 1. The molecule has 2 bridgehead atoms. The van der Waals surface area contributed by atoms with E-state index in [0.29, 0.717) is 18.5 Å². The van der Waals surface area contributed by atoms with Gasteiger partial charge in [-0.2, -0.15) is 0 Å². The molecule has 1 N–H and O–H groups in total. The number of carbonyl (C=O) groups excluding carboxylic acids is 2. The number of amides is 1. The van der Waals surface area contributed by atoms with Crippen LogP contribution in [0.3, 0.4) is 0 Å². The van der Waals surface area contributed by atoms with E-state index < -0.39 is 16.4 Å². The van der Waals surface area contributed by atoms with Crippen molar-refractivity contribution < 1.29 is 14.3 Å². The molecule has 1 aliphatic carbocycles. The Morgan fingerprint density at radius 3 is 2.62 bits per heavy atom. The first-order valence-electron chi connectivity index (χ1n) is 8.20. The van der Waals surface area contributed by atoms with Crippen molar-refractivity contribution in [3.8, 4) is 0 Å². The lowest BCUT2D eigenvalue weighted by molar-refractivity contribution is -0.165. The molecule has 1 saturated carbocycles. The van der Waals surface area contributed by atoms with Gasteiger partial charge in [-0.05, 0) is 44.0 Å². The first-order valence-corrected chi connectivity index (χ1v) is 8.20. The number of esters is 1. The fourth-order valence-corrected chi connectivity index (χ4v) is 4.18. The number of aromatic nitrogens is 1. The Hall–Kier alpha value is -2.43. The third-order valence-electron chi connectivity index (χ3n) is 6.34. The summed E-state index contributed by atoms with van der Waals surface area (Å²) in [5, 5.41) is 3.85. The molecule has 5 nitrogen and oxygen atoms in total. The van der Waals surface area contributed by atoms with E-state index in [-0.39, 0.29) is 11.9 Å². The molecule has 1 amide bonds. The Morgan fingerprint density at radius 1 is 1.17 bits per heavy atom. The van der Waals surface area contributed by atoms with Gasteiger partial charge in [0.2, 0.25) is 0 Å². The fraction of sp³-hybridized carbons (Fsp3) is 0.421. The number of ether oxygens (including phenoxy) is 1. The third kappa shape index (κ3) is 1.62. The molecule has 0 spiro atoms. The zero-order chi connectivity index (χ0) is 17.2. The van der Waals surface area contributed by atoms with Crippen molar-refractivity contribution in [2.24, 2.45) is 10.8 Å². The Morgan fingerprint density at radius 2 is 1.96 bits per heavy atom. The molecule has 1 aliphatic heterocycles. The minimum atomic E-state index is -1.11. The summed E-state index contributed by atoms with van der Waals surface area (Å²) in [7, 11) is 0. The molecule has 1 saturated heterocycles. The van der Waals surface area contributed by atoms with Gasteiger partial charge < -0.3 is 10.1 Å². The highest BCUT2D eigenvalue weighted by Gasteiger charge is 2.75. The van der Waals surface area contributed by atoms with Crippen LogP contribution in [-0.4, -0.2) is 22.5 Å². The number of carbonyl (C=O) groups is 2. The molecule has 2 heterocycles. The molecule has 0 unspecified atom stereocenters. The summed E-state index contributed by atoms with van der Waals surface area (Å²) in [5.41, 5.74) is -0.767. The Bertz CT molecular complexity index is 871. The average Bonchev–Trinajstić information content (AvgIpc) is 2.85. The Labute approximate surface area is 140 Å². The topological polar surface area (TPSA) is 68.3 Å². The number of anilines is 1. The fourth-order valence-electron chi connectivity index (χ4n) is 4.18. The Balaban J connectivity index is 1.74. The highest BCUT2D eigenvalue weighted by molar-refractivity contribution is 6.07. The quantitative estimate of drug-likeness (QED) is 0.861. The highest BCUT2D eigenvalue weighted by Crippen LogP contribution is 2.65. The van der Waals surface area contributed by atoms with Gasteiger partial charge in [0, 0.05) is 17.0 Å². The molecular formula is C19H20N2O3. The maximum atomic E-state index is 13.1. The van der Waals surface area contributed by atoms with E-state index in [2.05, 4.69) is 10.3 Å². The number of benzene rings is 1. The lowest BCUT2D eigenvalue weighted by atomic mass is 9.66. The van der Waals surface area contributed by atoms with Crippen LogP contribution in [0.5, 0.6) is 0 Å². The summed E-state index contributed by atoms with van der Waals surface area (Å²) in [6.45, 7) is 5.81. The van der Waals surface area contributed by atoms with E-state index in [4.69, 9.17) is 4.74 Å². The van der Waals surface area contributed by atoms with Crippen LogP contribution in [0, 0.1) is 10.8 Å². The minimum absolute atomic E-state index is 0.251. The predicted octanol–water partition coefficient (Wildman–Crippen LogP) is 3.30. The maximum absolute atomic E-state index is 13.1. The van der Waals surface area contributed by atoms with Gasteiger partial charge in [0.25, 0.3) is 5.91 Å². The number of nitrogens with one attached hydrogen (secondary N) is 1. The van der Waals surface area contributed by atoms with E-state index in [1.165, 1.54) is 0 Å². The van der Waals surface area contributed by atoms with Gasteiger partial charge in [-0.1, -0.05) is 19.9 Å². The monoisotopic (exact) mass is 324 g/mol. The molecule has 2 aromatic rings. The molecule has 5 heteroatoms. The number of hydrogen-bond donors (Lipinski definition) is 1. The van der Waals surface area contributed by atoms with Gasteiger partial charge >= 0.3 is 5.97 Å². The van der Waals surface area contributed by atoms with Crippen molar-refractivity contribution in [1.29, 1.82) is 0 Å². The number of rotatable bonds is 2. The van der Waals surface area contributed by atoms with E-state index in [0.717, 1.165) is 10.9 Å². The van der Waals surface area contributed by atoms with Crippen LogP contribution in [0.4, 0.5) is 5.69 Å². The first kappa shape index (κ1) is 15.1. The van der Waals surface area contributed by atoms with Crippen molar-refractivity contribution in [2.45, 2.75) is 39.2 Å². The standard InChI is InChI=1S/C19H20N2O3/c1-17(2)18(3)9-10-19(17,24-16(18)23)15(22)21-14-8-4-7-13-12(14)6-5-11-20-13/h4-8,11H,9-10H2,1-3H3,(H,21,22)/t18-,19-/m1/s1. The van der Waals surface area contributed by atoms with Crippen LogP contribution in [0.2, 0.25) is 0 Å². The zero-order valence-corrected chi connectivity index (χ0v) is 14.1. The van der Waals surface area contributed by atoms with Crippen molar-refractivity contribution in [3.63, 3.8) is 0 Å². The minimum Gasteiger partial charge on any atom is -0.448 e. The van der Waals surface area contributed by atoms with Crippen LogP contribution >= 0.6 is 0 Å². The van der Waals surface area contributed by atoms with Gasteiger partial charge in [0.1, 0.15) is 0 Å². The van der Waals surface area contributed by atoms with Crippen LogP contribution in [0.1, 0.15) is 33.6 Å². The van der Waals surface area contributed by atoms with Gasteiger partial charge in [0.15, 0.2) is 5.60 Å². The van der Waals surface area contributed by atoms with Crippen LogP contribution in [-0.2, 0) is 14.3 Å². The van der Waals surface area contributed by atoms with Gasteiger partial charge in [-0.3, -0.25) is 14.6 Å². The largest absolute Gasteiger partial charge is 0.448 e. The van der Waals surface area contributed by atoms with E-state index >= 15 is 0 Å². The second-order valence-electron chi connectivity index (χ2n) is 7.50. The summed E-state index contributed by atoms with van der Waals surface area (Å²) in [5.74, 6) is -0.521. The normalized spacial score (nSPS) is 30.4. The van der Waals surface area contributed by atoms with E-state index in [1.807, 2.05) is 51.1 Å². The zero-order valence-electron chi connectivity index (χ0n) is 14.1. The summed E-state index contributed by atoms with van der Waals surface area (Å²) < 4.78 is 5.65. The molecular weight excluding hydrogens is 304 g/mol. The molecule has 124 valence electrons. The second kappa shape index (κ2) is 4.56. The molecule has 1 aromatic carbocycles. The first-order chi connectivity index (χ1) is 11.3. The number of hydrogen-bond acceptors (Lipinski definition) is 4. The lowest BCUT2D eigenvalue weighted by Crippen LogP contribution is -2.50. The molecule has 4 rings (SSSR count). The van der Waals surface area contributed by atoms with Crippen molar-refractivity contribution >= 4 is 28.5 Å². The van der Waals surface area contributed by atoms with Gasteiger partial charge in [-0.25, -0.2) is 0 Å². The average molecular weight is 324 g/mol.